The molecule has 0 radical (unpaired) electrons. The number of benzene rings is 20. The van der Waals surface area contributed by atoms with Gasteiger partial charge in [0.15, 0.2) is 0 Å². The highest BCUT2D eigenvalue weighted by Gasteiger charge is 2.86. The Labute approximate surface area is 385 Å². The summed E-state index contributed by atoms with van der Waals surface area (Å²) in [5.41, 5.74) is 7.64. The molecule has 1 saturated heterocycles. The minimum atomic E-state index is -0.345. The van der Waals surface area contributed by atoms with Crippen molar-refractivity contribution in [2.24, 2.45) is 0 Å². The molecule has 1 heterocycles. The van der Waals surface area contributed by atoms with Crippen molar-refractivity contribution in [2.45, 2.75) is 11.1 Å². The molecule has 35 rings (SSSR count). The van der Waals surface area contributed by atoms with Crippen molar-refractivity contribution < 1.29 is 0 Å². The van der Waals surface area contributed by atoms with E-state index in [9.17, 15) is 0 Å². The summed E-state index contributed by atoms with van der Waals surface area (Å²) in [5.74, 6) is 0. The third kappa shape index (κ3) is 1.33. The first kappa shape index (κ1) is 25.5. The second kappa shape index (κ2) is 5.71. The van der Waals surface area contributed by atoms with E-state index < -0.39 is 0 Å². The van der Waals surface area contributed by atoms with Crippen LogP contribution in [0.4, 0.5) is 5.69 Å². The summed E-state index contributed by atoms with van der Waals surface area (Å²) in [6, 6.07) is 16.8. The highest BCUT2D eigenvalue weighted by molar-refractivity contribution is 6.82. The Kier molecular flexibility index (Phi) is 2.05. The van der Waals surface area contributed by atoms with Crippen LogP contribution in [0.2, 0.25) is 0 Å². The number of anilines is 1. The fourth-order valence-corrected chi connectivity index (χ4v) is 25.7. The molecule has 0 atom stereocenters. The maximum absolute atomic E-state index is 3.18. The molecule has 5 aliphatic rings. The molecule has 30 aromatic carbocycles. The number of fused-ring (bicyclic) bond motifs is 1. The van der Waals surface area contributed by atoms with Crippen molar-refractivity contribution in [1.82, 2.24) is 0 Å². The van der Waals surface area contributed by atoms with Gasteiger partial charge < -0.3 is 4.90 Å². The largest absolute Gasteiger partial charge is 0.337 e. The fraction of sp³-hybridized carbons (Fsp3) is 0.0286. The molecule has 0 saturated carbocycles. The van der Waals surface area contributed by atoms with E-state index in [-0.39, 0.29) is 11.1 Å². The molecule has 30 aromatic rings. The van der Waals surface area contributed by atoms with Crippen LogP contribution in [0.5, 0.6) is 0 Å². The molecule has 71 heavy (non-hydrogen) atoms. The summed E-state index contributed by atoms with van der Waals surface area (Å²) in [4.78, 5) is 3.18. The summed E-state index contributed by atoms with van der Waals surface area (Å²) >= 11 is 0. The van der Waals surface area contributed by atoms with Crippen molar-refractivity contribution in [3.63, 3.8) is 0 Å². The van der Waals surface area contributed by atoms with Gasteiger partial charge >= 0.3 is 0 Å². The average Bonchev–Trinajstić information content (AvgIpc) is 4.22. The highest BCUT2D eigenvalue weighted by atomic mass is 15.5. The lowest BCUT2D eigenvalue weighted by Gasteiger charge is -2.29. The van der Waals surface area contributed by atoms with Gasteiger partial charge in [-0.1, -0.05) is 36.4 Å². The molecule has 0 amide bonds. The van der Waals surface area contributed by atoms with E-state index in [2.05, 4.69) is 47.4 Å². The first-order valence-corrected chi connectivity index (χ1v) is 26.5. The van der Waals surface area contributed by atoms with Gasteiger partial charge in [-0.05, 0) is 302 Å². The van der Waals surface area contributed by atoms with Crippen LogP contribution >= 0.6 is 0 Å². The van der Waals surface area contributed by atoms with Gasteiger partial charge in [-0.15, -0.1) is 0 Å². The molecular weight excluding hydrogens is 855 g/mol. The maximum atomic E-state index is 3.18. The molecule has 0 unspecified atom stereocenters. The summed E-state index contributed by atoms with van der Waals surface area (Å²) < 4.78 is 0. The van der Waals surface area contributed by atoms with Gasteiger partial charge in [0.2, 0.25) is 0 Å². The van der Waals surface area contributed by atoms with Crippen LogP contribution in [0.1, 0.15) is 22.3 Å². The first-order valence-electron chi connectivity index (χ1n) is 26.5. The second-order valence-electron chi connectivity index (χ2n) is 26.0. The van der Waals surface area contributed by atoms with E-state index in [0.29, 0.717) is 0 Å². The molecule has 0 aromatic heterocycles. The van der Waals surface area contributed by atoms with Crippen LogP contribution < -0.4 is 4.90 Å². The second-order valence-corrected chi connectivity index (χ2v) is 26.0. The predicted molar refractivity (Wildman–Crippen MR) is 300 cm³/mol. The van der Waals surface area contributed by atoms with Crippen LogP contribution in [-0.2, 0) is 11.1 Å². The third-order valence-electron chi connectivity index (χ3n) is 25.8. The van der Waals surface area contributed by atoms with Crippen molar-refractivity contribution >= 4 is 307 Å². The quantitative estimate of drug-likeness (QED) is 0.117. The number of hydrogen-bond acceptors (Lipinski definition) is 1. The van der Waals surface area contributed by atoms with Gasteiger partial charge in [0.1, 0.15) is 11.1 Å². The van der Waals surface area contributed by atoms with Crippen LogP contribution in [0.25, 0.3) is 302 Å². The van der Waals surface area contributed by atoms with Gasteiger partial charge in [-0.3, -0.25) is 0 Å². The normalized spacial score (nSPS) is 22.2. The zero-order valence-electron chi connectivity index (χ0n) is 36.0. The minimum absolute atomic E-state index is 0.345. The van der Waals surface area contributed by atoms with E-state index in [1.165, 1.54) is 16.5 Å². The Bertz CT molecular complexity index is 7100. The Balaban J connectivity index is 1.15. The molecule has 4 aliphatic carbocycles. The Morgan fingerprint density at radius 3 is 0.592 bits per heavy atom. The molecule has 2 spiro atoms. The van der Waals surface area contributed by atoms with Gasteiger partial charge in [0.05, 0.1) is 0 Å². The molecule has 1 heteroatoms. The van der Waals surface area contributed by atoms with Crippen molar-refractivity contribution in [3.05, 3.63) is 64.7 Å². The lowest BCUT2D eigenvalue weighted by atomic mass is 9.68. The van der Waals surface area contributed by atoms with Gasteiger partial charge in [-0.2, -0.15) is 0 Å². The van der Waals surface area contributed by atoms with Crippen LogP contribution in [0.3, 0.4) is 0 Å². The van der Waals surface area contributed by atoms with E-state index in [4.69, 9.17) is 0 Å². The topological polar surface area (TPSA) is 3.01 Å². The fourth-order valence-electron chi connectivity index (χ4n) is 25.7. The number of nitrogens with zero attached hydrogens (tertiary/aromatic N) is 1. The SMILES string of the molecule is c1ccc2c(N3C45c6c7c8c9c%10c%11c(c%12c%13c4c4c6c6c%14c7c7c8c8c%10c%10c%15c%11c%11c%12c%12c%13c%13c4c4c6c6c%14c%14c7c7c8c%10c8c%10c%15c%11c%11c%12c%12c%13c4c4c6c6c%14c7c8c7c%10c%11c%12c4c67)C935)cccc2c1. The highest BCUT2D eigenvalue weighted by Crippen LogP contribution is 2.90. The number of rotatable bonds is 1. The van der Waals surface area contributed by atoms with Crippen LogP contribution in [0.15, 0.2) is 42.5 Å². The monoisotopic (exact) mass is 861 g/mol. The predicted octanol–water partition coefficient (Wildman–Crippen LogP) is 18.9. The Morgan fingerprint density at radius 2 is 0.366 bits per heavy atom. The van der Waals surface area contributed by atoms with E-state index in [1.54, 1.807) is 313 Å². The van der Waals surface area contributed by atoms with Crippen molar-refractivity contribution in [1.29, 1.82) is 0 Å². The van der Waals surface area contributed by atoms with Crippen LogP contribution in [0, 0.1) is 0 Å². The summed E-state index contributed by atoms with van der Waals surface area (Å²) in [6.07, 6.45) is 0. The third-order valence-corrected chi connectivity index (χ3v) is 25.8. The smallest absolute Gasteiger partial charge is 0.126 e. The van der Waals surface area contributed by atoms with E-state index in [1.807, 2.05) is 0 Å². The Morgan fingerprint density at radius 1 is 0.183 bits per heavy atom. The van der Waals surface area contributed by atoms with Crippen LogP contribution in [-0.4, -0.2) is 0 Å². The van der Waals surface area contributed by atoms with E-state index in [0.717, 1.165) is 0 Å². The van der Waals surface area contributed by atoms with Gasteiger partial charge in [-0.25, -0.2) is 0 Å². The van der Waals surface area contributed by atoms with Crippen molar-refractivity contribution in [2.75, 3.05) is 4.90 Å². The Hall–Kier alpha value is -9.04. The molecule has 1 nitrogen and oxygen atoms in total. The summed E-state index contributed by atoms with van der Waals surface area (Å²) in [6.45, 7) is 0. The van der Waals surface area contributed by atoms with Gasteiger partial charge in [0, 0.05) is 33.3 Å². The standard InChI is InChI=1S/C70H7N/c1-2-6-9-8(4-1)5-3-7-10(9)71-69-65-57-49-39-29-21-13-11-12-15-19-17(13)25-33-27(19)37-31-23(15)24-16(12)20-18-14(11)22(21)30-36-26(18)34-28(20)38-32(24)42-41(31)51-45(37)55-47(33)53(43(49)35(25)29)61(65)63(55)67-59(51)60-52(42)46(38)56-48(34)54-44(36)50(40(30)39)58(57)66(69)62(54)64(56)68(60)70(67,69)71/h1-7H. The summed E-state index contributed by atoms with van der Waals surface area (Å²) in [5, 5.41) is 92.6. The first-order chi connectivity index (χ1) is 35.4. The zero-order chi connectivity index (χ0) is 41.7. The van der Waals surface area contributed by atoms with Crippen molar-refractivity contribution in [3.8, 4) is 0 Å². The molecule has 1 fully saturated rings. The molecule has 0 N–H and O–H groups in total. The lowest BCUT2D eigenvalue weighted by molar-refractivity contribution is 0.731. The van der Waals surface area contributed by atoms with Gasteiger partial charge in [0.25, 0.3) is 0 Å². The zero-order valence-corrected chi connectivity index (χ0v) is 36.0. The average molecular weight is 862 g/mol. The molecule has 0 bridgehead atoms. The van der Waals surface area contributed by atoms with E-state index >= 15 is 0 Å². The molecule has 292 valence electrons. The molecule has 1 aliphatic heterocycles. The summed E-state index contributed by atoms with van der Waals surface area (Å²) in [7, 11) is 0. The maximum Gasteiger partial charge on any atom is 0.126 e. The molecular formula is C70H7N. The number of hydrogen-bond donors (Lipinski definition) is 0. The minimum Gasteiger partial charge on any atom is -0.337 e. The lowest BCUT2D eigenvalue weighted by Crippen LogP contribution is -2.27.